The van der Waals surface area contributed by atoms with Gasteiger partial charge >= 0.3 is 17.9 Å². The highest BCUT2D eigenvalue weighted by atomic mass is 32.1. The van der Waals surface area contributed by atoms with Gasteiger partial charge in [-0.15, -0.1) is 0 Å². The van der Waals surface area contributed by atoms with Crippen LogP contribution in [0.15, 0.2) is 12.1 Å². The summed E-state index contributed by atoms with van der Waals surface area (Å²) in [4.78, 5) is 48.8. The van der Waals surface area contributed by atoms with Crippen LogP contribution < -0.4 is 44.8 Å². The van der Waals surface area contributed by atoms with Crippen LogP contribution in [0.1, 0.15) is 28.8 Å². The Labute approximate surface area is 269 Å². The zero-order valence-corrected chi connectivity index (χ0v) is 26.2. The molecule has 250 valence electrons. The number of thiol groups is 1. The standard InChI is InChI=1S/C29H35N3O13S/c1-38-18-6-14(10-41-21(34)9-31-8-15(11-46)32-20(33)5-4-17(30)28(35)36)22(26-24(18)42-12-44-26)23-16(29(37)40-3)7-19(39-2)25-27(23)45-13-43-25/h6-7,15,17,31,46H,4-5,8-13,30H2,1-3H3,(H,32,33)(H,35,36). The van der Waals surface area contributed by atoms with Crippen molar-refractivity contribution >= 4 is 36.4 Å². The Morgan fingerprint density at radius 2 is 1.57 bits per heavy atom. The van der Waals surface area contributed by atoms with Gasteiger partial charge in [-0.2, -0.15) is 12.6 Å². The SMILES string of the molecule is COC(=O)c1cc(OC)c2c(c1-c1c(COC(=O)CNCC(CS)NC(=O)CCC(N)C(=O)O)cc(OC)c3c1OCO3)OCO2. The highest BCUT2D eigenvalue weighted by Crippen LogP contribution is 2.56. The Balaban J connectivity index is 1.53. The van der Waals surface area contributed by atoms with E-state index in [9.17, 15) is 19.2 Å². The summed E-state index contributed by atoms with van der Waals surface area (Å²) in [5, 5.41) is 14.5. The first-order valence-electron chi connectivity index (χ1n) is 14.0. The number of aliphatic carboxylic acids is 1. The minimum absolute atomic E-state index is 0.0214. The largest absolute Gasteiger partial charge is 0.493 e. The molecule has 2 aliphatic heterocycles. The van der Waals surface area contributed by atoms with Crippen LogP contribution in [0.5, 0.6) is 34.5 Å². The summed E-state index contributed by atoms with van der Waals surface area (Å²) in [7, 11) is 4.09. The number of hydrogen-bond acceptors (Lipinski definition) is 15. The van der Waals surface area contributed by atoms with Gasteiger partial charge in [0.2, 0.25) is 31.0 Å². The predicted octanol–water partition coefficient (Wildman–Crippen LogP) is 0.854. The summed E-state index contributed by atoms with van der Waals surface area (Å²) in [6.07, 6.45) is -0.0974. The van der Waals surface area contributed by atoms with E-state index in [4.69, 9.17) is 48.7 Å². The Hall–Kier alpha value is -4.61. The molecule has 2 heterocycles. The second-order valence-corrected chi connectivity index (χ2v) is 10.3. The van der Waals surface area contributed by atoms with Gasteiger partial charge in [0.05, 0.1) is 39.5 Å². The van der Waals surface area contributed by atoms with Crippen molar-refractivity contribution in [3.63, 3.8) is 0 Å². The van der Waals surface area contributed by atoms with Crippen LogP contribution in [0.25, 0.3) is 11.1 Å². The zero-order valence-electron chi connectivity index (χ0n) is 25.3. The smallest absolute Gasteiger partial charge is 0.338 e. The molecule has 0 aromatic heterocycles. The molecule has 0 saturated carbocycles. The van der Waals surface area contributed by atoms with Gasteiger partial charge in [-0.05, 0) is 18.6 Å². The van der Waals surface area contributed by atoms with Crippen LogP contribution in [-0.2, 0) is 30.5 Å². The minimum Gasteiger partial charge on any atom is -0.493 e. The first-order valence-corrected chi connectivity index (χ1v) is 14.6. The average Bonchev–Trinajstić information content (AvgIpc) is 3.75. The molecule has 4 rings (SSSR count). The summed E-state index contributed by atoms with van der Waals surface area (Å²) in [5.74, 6) is -1.15. The van der Waals surface area contributed by atoms with E-state index in [0.717, 1.165) is 0 Å². The van der Waals surface area contributed by atoms with Gasteiger partial charge < -0.3 is 59.4 Å². The number of carboxylic acids is 1. The predicted molar refractivity (Wildman–Crippen MR) is 162 cm³/mol. The molecule has 0 aliphatic carbocycles. The number of esters is 2. The molecule has 2 unspecified atom stereocenters. The Morgan fingerprint density at radius 1 is 0.957 bits per heavy atom. The molecule has 0 bridgehead atoms. The number of carbonyl (C=O) groups excluding carboxylic acids is 3. The molecule has 5 N–H and O–H groups in total. The lowest BCUT2D eigenvalue weighted by Gasteiger charge is -2.20. The van der Waals surface area contributed by atoms with Gasteiger partial charge in [0.25, 0.3) is 0 Å². The van der Waals surface area contributed by atoms with Gasteiger partial charge in [0.1, 0.15) is 12.6 Å². The molecule has 2 aliphatic rings. The van der Waals surface area contributed by atoms with Crippen LogP contribution >= 0.6 is 12.6 Å². The molecule has 0 radical (unpaired) electrons. The van der Waals surface area contributed by atoms with E-state index in [2.05, 4.69) is 23.3 Å². The number of nitrogens with one attached hydrogen (secondary N) is 2. The lowest BCUT2D eigenvalue weighted by molar-refractivity contribution is -0.144. The monoisotopic (exact) mass is 665 g/mol. The van der Waals surface area contributed by atoms with E-state index < -0.39 is 35.9 Å². The summed E-state index contributed by atoms with van der Waals surface area (Å²) < 4.78 is 44.4. The lowest BCUT2D eigenvalue weighted by atomic mass is 9.92. The molecule has 2 atom stereocenters. The molecule has 1 amide bonds. The summed E-state index contributed by atoms with van der Waals surface area (Å²) >= 11 is 4.23. The minimum atomic E-state index is -1.19. The molecule has 0 saturated heterocycles. The molecule has 46 heavy (non-hydrogen) atoms. The fourth-order valence-electron chi connectivity index (χ4n) is 4.77. The third-order valence-electron chi connectivity index (χ3n) is 7.03. The molecule has 17 heteroatoms. The average molecular weight is 666 g/mol. The first kappa shape index (κ1) is 34.3. The van der Waals surface area contributed by atoms with E-state index in [1.165, 1.54) is 27.4 Å². The second-order valence-electron chi connectivity index (χ2n) is 9.96. The molecule has 2 aromatic carbocycles. The number of carbonyl (C=O) groups is 4. The number of ether oxygens (including phenoxy) is 8. The number of rotatable bonds is 16. The maximum atomic E-state index is 13.0. The molecule has 2 aromatic rings. The molecule has 0 fully saturated rings. The maximum absolute atomic E-state index is 13.0. The van der Waals surface area contributed by atoms with Crippen molar-refractivity contribution in [1.82, 2.24) is 10.6 Å². The third kappa shape index (κ3) is 7.60. The number of fused-ring (bicyclic) bond motifs is 2. The Bertz CT molecular complexity index is 1490. The van der Waals surface area contributed by atoms with Crippen LogP contribution in [0.2, 0.25) is 0 Å². The van der Waals surface area contributed by atoms with Crippen molar-refractivity contribution in [2.24, 2.45) is 5.73 Å². The normalized spacial score (nSPS) is 13.8. The summed E-state index contributed by atoms with van der Waals surface area (Å²) in [6, 6.07) is 1.46. The fourth-order valence-corrected chi connectivity index (χ4v) is 4.99. The van der Waals surface area contributed by atoms with E-state index in [1.807, 2.05) is 0 Å². The van der Waals surface area contributed by atoms with Crippen LogP contribution in [-0.4, -0.2) is 94.8 Å². The van der Waals surface area contributed by atoms with Crippen molar-refractivity contribution in [3.05, 3.63) is 23.3 Å². The van der Waals surface area contributed by atoms with Crippen molar-refractivity contribution in [3.8, 4) is 45.6 Å². The topological polar surface area (TPSA) is 212 Å². The van der Waals surface area contributed by atoms with E-state index in [1.54, 1.807) is 6.07 Å². The first-order chi connectivity index (χ1) is 22.1. The van der Waals surface area contributed by atoms with E-state index >= 15 is 0 Å². The maximum Gasteiger partial charge on any atom is 0.338 e. The number of benzene rings is 2. The quantitative estimate of drug-likeness (QED) is 0.124. The third-order valence-corrected chi connectivity index (χ3v) is 7.47. The van der Waals surface area contributed by atoms with Crippen molar-refractivity contribution < 1.29 is 62.2 Å². The van der Waals surface area contributed by atoms with Crippen molar-refractivity contribution in [2.75, 3.05) is 53.8 Å². The van der Waals surface area contributed by atoms with Gasteiger partial charge in [-0.3, -0.25) is 14.4 Å². The van der Waals surface area contributed by atoms with Gasteiger partial charge in [-0.25, -0.2) is 4.79 Å². The fraction of sp³-hybridized carbons (Fsp3) is 0.448. The zero-order chi connectivity index (χ0) is 33.4. The second kappa shape index (κ2) is 15.6. The van der Waals surface area contributed by atoms with Crippen molar-refractivity contribution in [1.29, 1.82) is 0 Å². The molecule has 0 spiro atoms. The number of amides is 1. The highest BCUT2D eigenvalue weighted by Gasteiger charge is 2.36. The van der Waals surface area contributed by atoms with Gasteiger partial charge in [0.15, 0.2) is 23.0 Å². The summed E-state index contributed by atoms with van der Waals surface area (Å²) in [6.45, 7) is -0.593. The number of nitrogens with two attached hydrogens (primary N) is 1. The number of carboxylic acid groups (broad SMARTS) is 1. The highest BCUT2D eigenvalue weighted by molar-refractivity contribution is 7.80. The lowest BCUT2D eigenvalue weighted by Crippen LogP contribution is -2.45. The molecular weight excluding hydrogens is 630 g/mol. The number of methoxy groups -OCH3 is 3. The van der Waals surface area contributed by atoms with Gasteiger partial charge in [-0.1, -0.05) is 0 Å². The molecular formula is C29H35N3O13S. The van der Waals surface area contributed by atoms with Crippen LogP contribution in [0.3, 0.4) is 0 Å². The summed E-state index contributed by atoms with van der Waals surface area (Å²) in [5.41, 5.74) is 6.50. The van der Waals surface area contributed by atoms with Crippen LogP contribution in [0, 0.1) is 0 Å². The van der Waals surface area contributed by atoms with E-state index in [0.29, 0.717) is 16.9 Å². The van der Waals surface area contributed by atoms with Gasteiger partial charge in [0, 0.05) is 35.4 Å². The van der Waals surface area contributed by atoms with Crippen LogP contribution in [0.4, 0.5) is 0 Å². The van der Waals surface area contributed by atoms with E-state index in [-0.39, 0.29) is 91.8 Å². The Morgan fingerprint density at radius 3 is 2.15 bits per heavy atom. The molecule has 16 nitrogen and oxygen atoms in total. The number of hydrogen-bond donors (Lipinski definition) is 5. The Kier molecular flexibility index (Phi) is 11.6. The van der Waals surface area contributed by atoms with Crippen molar-refractivity contribution in [2.45, 2.75) is 31.5 Å².